The van der Waals surface area contributed by atoms with Gasteiger partial charge >= 0.3 is 0 Å². The number of hydrogen-bond acceptors (Lipinski definition) is 4. The molecule has 0 bridgehead atoms. The lowest BCUT2D eigenvalue weighted by Crippen LogP contribution is -2.21. The third-order valence-corrected chi connectivity index (χ3v) is 4.33. The van der Waals surface area contributed by atoms with Crippen LogP contribution in [0.5, 0.6) is 0 Å². The van der Waals surface area contributed by atoms with E-state index in [0.717, 1.165) is 18.8 Å². The van der Waals surface area contributed by atoms with Gasteiger partial charge in [0.1, 0.15) is 0 Å². The van der Waals surface area contributed by atoms with Crippen LogP contribution in [-0.2, 0) is 0 Å². The van der Waals surface area contributed by atoms with E-state index in [4.69, 9.17) is 0 Å². The average molecular weight is 392 g/mol. The Morgan fingerprint density at radius 1 is 1.17 bits per heavy atom. The lowest BCUT2D eigenvalue weighted by molar-refractivity contribution is -0.385. The number of halogens is 1. The molecule has 0 aromatic heterocycles. The van der Waals surface area contributed by atoms with Crippen molar-refractivity contribution >= 4 is 38.9 Å². The summed E-state index contributed by atoms with van der Waals surface area (Å²) in [7, 11) is 0. The second kappa shape index (κ2) is 7.92. The number of nitrogens with one attached hydrogen (secondary N) is 1. The normalized spacial score (nSPS) is 10.3. The molecular weight excluding hydrogens is 374 g/mol. The maximum atomic E-state index is 12.3. The van der Waals surface area contributed by atoms with Crippen molar-refractivity contribution < 1.29 is 9.72 Å². The Balaban J connectivity index is 2.15. The SMILES string of the molecule is CCN(CC)c1ccc(NC(=O)c2ccc(Br)c([N+](=O)[O-])c2)cc1. The smallest absolute Gasteiger partial charge is 0.284 e. The predicted molar refractivity (Wildman–Crippen MR) is 98.8 cm³/mol. The van der Waals surface area contributed by atoms with Gasteiger partial charge in [0.2, 0.25) is 0 Å². The summed E-state index contributed by atoms with van der Waals surface area (Å²) in [5, 5.41) is 13.7. The van der Waals surface area contributed by atoms with Gasteiger partial charge in [0, 0.05) is 36.1 Å². The molecule has 0 saturated heterocycles. The molecule has 0 atom stereocenters. The molecule has 2 aromatic rings. The lowest BCUT2D eigenvalue weighted by atomic mass is 10.2. The van der Waals surface area contributed by atoms with Gasteiger partial charge in [-0.2, -0.15) is 0 Å². The number of carbonyl (C=O) groups excluding carboxylic acids is 1. The van der Waals surface area contributed by atoms with Gasteiger partial charge in [0.05, 0.1) is 9.40 Å². The fourth-order valence-corrected chi connectivity index (χ4v) is 2.73. The van der Waals surface area contributed by atoms with Crippen LogP contribution in [-0.4, -0.2) is 23.9 Å². The molecule has 0 aliphatic heterocycles. The number of nitro groups is 1. The van der Waals surface area contributed by atoms with Gasteiger partial charge < -0.3 is 10.2 Å². The first-order valence-corrected chi connectivity index (χ1v) is 8.35. The summed E-state index contributed by atoms with van der Waals surface area (Å²) in [6, 6.07) is 11.8. The standard InChI is InChI=1S/C17H18BrN3O3/c1-3-20(4-2)14-8-6-13(7-9-14)19-17(22)12-5-10-15(18)16(11-12)21(23)24/h5-11H,3-4H2,1-2H3,(H,19,22). The summed E-state index contributed by atoms with van der Waals surface area (Å²) in [6.07, 6.45) is 0. The van der Waals surface area contributed by atoms with Crippen molar-refractivity contribution in [2.75, 3.05) is 23.3 Å². The van der Waals surface area contributed by atoms with E-state index in [1.54, 1.807) is 0 Å². The van der Waals surface area contributed by atoms with Crippen molar-refractivity contribution in [1.82, 2.24) is 0 Å². The monoisotopic (exact) mass is 391 g/mol. The third kappa shape index (κ3) is 4.11. The Bertz CT molecular complexity index is 743. The number of nitrogens with zero attached hydrogens (tertiary/aromatic N) is 2. The van der Waals surface area contributed by atoms with E-state index < -0.39 is 4.92 Å². The quantitative estimate of drug-likeness (QED) is 0.582. The highest BCUT2D eigenvalue weighted by atomic mass is 79.9. The van der Waals surface area contributed by atoms with E-state index in [1.165, 1.54) is 18.2 Å². The summed E-state index contributed by atoms with van der Waals surface area (Å²) in [5.74, 6) is -0.388. The van der Waals surface area contributed by atoms with Gasteiger partial charge in [-0.15, -0.1) is 0 Å². The van der Waals surface area contributed by atoms with Crippen LogP contribution in [0.1, 0.15) is 24.2 Å². The number of nitro benzene ring substituents is 1. The van der Waals surface area contributed by atoms with E-state index in [2.05, 4.69) is 40.0 Å². The topological polar surface area (TPSA) is 75.5 Å². The van der Waals surface area contributed by atoms with E-state index in [-0.39, 0.29) is 17.2 Å². The summed E-state index contributed by atoms with van der Waals surface area (Å²) in [6.45, 7) is 5.98. The minimum absolute atomic E-state index is 0.139. The largest absolute Gasteiger partial charge is 0.372 e. The third-order valence-electron chi connectivity index (χ3n) is 3.66. The average Bonchev–Trinajstić information content (AvgIpc) is 2.57. The van der Waals surface area contributed by atoms with Crippen molar-refractivity contribution in [2.24, 2.45) is 0 Å². The maximum absolute atomic E-state index is 12.3. The Hall–Kier alpha value is -2.41. The van der Waals surface area contributed by atoms with Crippen molar-refractivity contribution in [3.05, 3.63) is 62.6 Å². The Labute approximate surface area is 148 Å². The first-order chi connectivity index (χ1) is 11.5. The van der Waals surface area contributed by atoms with Gasteiger partial charge in [0.15, 0.2) is 0 Å². The zero-order valence-electron chi connectivity index (χ0n) is 13.5. The highest BCUT2D eigenvalue weighted by Gasteiger charge is 2.16. The molecule has 0 heterocycles. The number of rotatable bonds is 6. The minimum Gasteiger partial charge on any atom is -0.372 e. The van der Waals surface area contributed by atoms with E-state index in [1.807, 2.05) is 24.3 Å². The molecule has 0 fully saturated rings. The van der Waals surface area contributed by atoms with Gasteiger partial charge in [-0.05, 0) is 66.2 Å². The Morgan fingerprint density at radius 2 is 1.79 bits per heavy atom. The highest BCUT2D eigenvalue weighted by Crippen LogP contribution is 2.26. The first kappa shape index (κ1) is 17.9. The second-order valence-corrected chi connectivity index (χ2v) is 5.95. The molecule has 0 spiro atoms. The molecule has 2 rings (SSSR count). The zero-order valence-corrected chi connectivity index (χ0v) is 15.0. The van der Waals surface area contributed by atoms with Crippen LogP contribution in [0.3, 0.4) is 0 Å². The summed E-state index contributed by atoms with van der Waals surface area (Å²) in [5.41, 5.74) is 1.82. The molecule has 126 valence electrons. The summed E-state index contributed by atoms with van der Waals surface area (Å²) >= 11 is 3.10. The van der Waals surface area contributed by atoms with Crippen molar-refractivity contribution in [3.63, 3.8) is 0 Å². The fourth-order valence-electron chi connectivity index (χ4n) is 2.34. The van der Waals surface area contributed by atoms with Crippen LogP contribution in [0.4, 0.5) is 17.1 Å². The number of hydrogen-bond donors (Lipinski definition) is 1. The Morgan fingerprint density at radius 3 is 2.33 bits per heavy atom. The van der Waals surface area contributed by atoms with E-state index in [9.17, 15) is 14.9 Å². The fraction of sp³-hybridized carbons (Fsp3) is 0.235. The predicted octanol–water partition coefficient (Wildman–Crippen LogP) is 4.46. The van der Waals surface area contributed by atoms with Crippen LogP contribution in [0.15, 0.2) is 46.9 Å². The van der Waals surface area contributed by atoms with Crippen LogP contribution >= 0.6 is 15.9 Å². The highest BCUT2D eigenvalue weighted by molar-refractivity contribution is 9.10. The van der Waals surface area contributed by atoms with Crippen LogP contribution < -0.4 is 10.2 Å². The molecule has 0 unspecified atom stereocenters. The first-order valence-electron chi connectivity index (χ1n) is 7.56. The molecule has 1 amide bonds. The maximum Gasteiger partial charge on any atom is 0.284 e. The molecule has 0 aliphatic rings. The van der Waals surface area contributed by atoms with Gasteiger partial charge in [-0.1, -0.05) is 0 Å². The van der Waals surface area contributed by atoms with Crippen LogP contribution in [0.25, 0.3) is 0 Å². The van der Waals surface area contributed by atoms with Gasteiger partial charge in [0.25, 0.3) is 11.6 Å². The molecule has 24 heavy (non-hydrogen) atoms. The second-order valence-electron chi connectivity index (χ2n) is 5.10. The van der Waals surface area contributed by atoms with E-state index in [0.29, 0.717) is 10.2 Å². The lowest BCUT2D eigenvalue weighted by Gasteiger charge is -2.21. The number of anilines is 2. The van der Waals surface area contributed by atoms with Crippen molar-refractivity contribution in [3.8, 4) is 0 Å². The molecule has 0 aliphatic carbocycles. The van der Waals surface area contributed by atoms with E-state index >= 15 is 0 Å². The van der Waals surface area contributed by atoms with Crippen LogP contribution in [0.2, 0.25) is 0 Å². The van der Waals surface area contributed by atoms with Crippen molar-refractivity contribution in [2.45, 2.75) is 13.8 Å². The zero-order chi connectivity index (χ0) is 17.7. The molecule has 0 saturated carbocycles. The van der Waals surface area contributed by atoms with Crippen LogP contribution in [0, 0.1) is 10.1 Å². The Kier molecular flexibility index (Phi) is 5.92. The molecule has 0 radical (unpaired) electrons. The summed E-state index contributed by atoms with van der Waals surface area (Å²) in [4.78, 5) is 24.9. The minimum atomic E-state index is -0.528. The molecule has 7 heteroatoms. The molecule has 1 N–H and O–H groups in total. The van der Waals surface area contributed by atoms with Gasteiger partial charge in [-0.25, -0.2) is 0 Å². The number of carbonyl (C=O) groups is 1. The summed E-state index contributed by atoms with van der Waals surface area (Å²) < 4.78 is 0.340. The molecular formula is C17H18BrN3O3. The molecule has 6 nitrogen and oxygen atoms in total. The molecule has 2 aromatic carbocycles. The van der Waals surface area contributed by atoms with Crippen molar-refractivity contribution in [1.29, 1.82) is 0 Å². The van der Waals surface area contributed by atoms with Gasteiger partial charge in [-0.3, -0.25) is 14.9 Å². The number of benzene rings is 2. The number of amides is 1.